The van der Waals surface area contributed by atoms with E-state index in [2.05, 4.69) is 196 Å². The summed E-state index contributed by atoms with van der Waals surface area (Å²) in [6, 6.07) is 9.08. The molecule has 4 fully saturated rings. The van der Waals surface area contributed by atoms with Crippen LogP contribution in [-0.4, -0.2) is 171 Å². The van der Waals surface area contributed by atoms with Crippen LogP contribution in [0, 0.1) is 11.8 Å². The molecule has 1 aromatic rings. The second-order valence-electron chi connectivity index (χ2n) is 36.5. The van der Waals surface area contributed by atoms with Gasteiger partial charge >= 0.3 is 11.9 Å². The lowest BCUT2D eigenvalue weighted by Gasteiger charge is -2.54. The van der Waals surface area contributed by atoms with E-state index < -0.39 is 90.3 Å². The highest BCUT2D eigenvalue weighted by molar-refractivity contribution is 6.76. The molecule has 4 heterocycles. The Bertz CT molecular complexity index is 2750. The van der Waals surface area contributed by atoms with Crippen molar-refractivity contribution in [2.45, 2.75) is 357 Å². The van der Waals surface area contributed by atoms with Crippen molar-refractivity contribution in [1.82, 2.24) is 0 Å². The van der Waals surface area contributed by atoms with Crippen LogP contribution < -0.4 is 0 Å². The van der Waals surface area contributed by atoms with Crippen molar-refractivity contribution in [2.24, 2.45) is 11.8 Å². The molecule has 0 radical (unpaired) electrons. The summed E-state index contributed by atoms with van der Waals surface area (Å²) in [6.07, 6.45) is 4.17. The van der Waals surface area contributed by atoms with Gasteiger partial charge in [0.05, 0.1) is 86.7 Å². The van der Waals surface area contributed by atoms with E-state index in [-0.39, 0.29) is 98.2 Å². The van der Waals surface area contributed by atoms with Gasteiger partial charge in [0.15, 0.2) is 47.7 Å². The van der Waals surface area contributed by atoms with Crippen LogP contribution in [0.2, 0.25) is 90.7 Å². The number of esters is 2. The Morgan fingerprint density at radius 3 is 1.71 bits per heavy atom. The van der Waals surface area contributed by atoms with E-state index in [9.17, 15) is 14.7 Å². The van der Waals surface area contributed by atoms with E-state index in [0.29, 0.717) is 50.7 Å². The Hall–Kier alpha value is -2.24. The van der Waals surface area contributed by atoms with Crippen molar-refractivity contribution in [1.29, 1.82) is 0 Å². The largest absolute Gasteiger partial charge is 0.469 e. The van der Waals surface area contributed by atoms with Crippen molar-refractivity contribution in [3.8, 4) is 0 Å². The zero-order valence-corrected chi connectivity index (χ0v) is 71.0. The van der Waals surface area contributed by atoms with Gasteiger partial charge in [0, 0.05) is 25.9 Å². The molecule has 20 heteroatoms. The van der Waals surface area contributed by atoms with Gasteiger partial charge in [-0.1, -0.05) is 160 Å². The van der Waals surface area contributed by atoms with Crippen molar-refractivity contribution in [2.75, 3.05) is 20.8 Å². The molecule has 0 aromatic heterocycles. The van der Waals surface area contributed by atoms with Gasteiger partial charge in [-0.2, -0.15) is 0 Å². The average molecular weight is 1440 g/mol. The first-order valence-corrected chi connectivity index (χ1v) is 51.0. The van der Waals surface area contributed by atoms with Crippen LogP contribution in [0.5, 0.6) is 0 Å². The number of hydrogen-bond acceptors (Lipinski definition) is 15. The monoisotopic (exact) mass is 1440 g/mol. The third kappa shape index (κ3) is 22.6. The van der Waals surface area contributed by atoms with Crippen LogP contribution in [0.15, 0.2) is 79.4 Å². The molecule has 0 amide bonds. The summed E-state index contributed by atoms with van der Waals surface area (Å²) in [5.41, 5.74) is 2.51. The fraction of sp³-hybridized carbons (Fsp3) is 0.792. The van der Waals surface area contributed by atoms with Crippen LogP contribution >= 0.6 is 0 Å². The zero-order chi connectivity index (χ0) is 73.6. The molecule has 0 saturated carbocycles. The SMILES string of the molecule is C=CC[C@@H]1O[C@@H]([C@H](/C=C/C(O)CC[C@H]2CC(=C)[C@H](CCC3CC(C)C(=C)[C@@H](C[C@@H]4O[C@H](CC(CO[Si](C)(C)C(C)(C)C)O[Si](C)(C)C(C)(C)C)[C@H](OC)C4CC(=O)OC)O3)O2)O[Si](C)(C)C(C)(C)C)C(O[Si](C)(C)C(C)(C)C)C(O[Si](C)(C)C(C)(C)C)C1OC(=O)c1ccccc1. The number of ether oxygens (including phenoxy) is 7. The molecule has 4 aliphatic rings. The number of benzene rings is 1. The maximum absolute atomic E-state index is 14.3. The summed E-state index contributed by atoms with van der Waals surface area (Å²) in [7, 11) is -9.10. The Morgan fingerprint density at radius 1 is 0.629 bits per heavy atom. The van der Waals surface area contributed by atoms with Gasteiger partial charge in [0.2, 0.25) is 0 Å². The molecular weight excluding hydrogens is 1310 g/mol. The van der Waals surface area contributed by atoms with Gasteiger partial charge in [-0.15, -0.1) is 6.58 Å². The van der Waals surface area contributed by atoms with E-state index in [1.54, 1.807) is 19.2 Å². The summed E-state index contributed by atoms with van der Waals surface area (Å²) < 4.78 is 83.4. The number of hydrogen-bond donors (Lipinski definition) is 1. The first kappa shape index (κ1) is 85.4. The lowest BCUT2D eigenvalue weighted by Crippen LogP contribution is -2.68. The van der Waals surface area contributed by atoms with Crippen LogP contribution in [0.4, 0.5) is 0 Å². The molecule has 1 N–H and O–H groups in total. The minimum Gasteiger partial charge on any atom is -0.469 e. The molecular formula is C77H138O15Si5. The zero-order valence-electron chi connectivity index (χ0n) is 66.0. The van der Waals surface area contributed by atoms with Gasteiger partial charge in [-0.3, -0.25) is 4.79 Å². The smallest absolute Gasteiger partial charge is 0.338 e. The number of carbonyl (C=O) groups excluding carboxylic acids is 2. The molecule has 5 rings (SSSR count). The predicted molar refractivity (Wildman–Crippen MR) is 407 cm³/mol. The quantitative estimate of drug-likeness (QED) is 0.0424. The highest BCUT2D eigenvalue weighted by Crippen LogP contribution is 2.49. The van der Waals surface area contributed by atoms with E-state index in [1.807, 2.05) is 36.4 Å². The summed E-state index contributed by atoms with van der Waals surface area (Å²) in [4.78, 5) is 27.5. The lowest BCUT2D eigenvalue weighted by molar-refractivity contribution is -0.227. The second-order valence-corrected chi connectivity index (χ2v) is 60.3. The minimum atomic E-state index is -2.65. The Morgan fingerprint density at radius 2 is 1.18 bits per heavy atom. The van der Waals surface area contributed by atoms with Crippen LogP contribution in [0.25, 0.3) is 0 Å². The third-order valence-electron chi connectivity index (χ3n) is 23.9. The molecule has 8 unspecified atom stereocenters. The van der Waals surface area contributed by atoms with E-state index in [0.717, 1.165) is 30.4 Å². The Balaban J connectivity index is 1.36. The third-order valence-corrected chi connectivity index (χ3v) is 46.4. The van der Waals surface area contributed by atoms with Gasteiger partial charge in [0.25, 0.3) is 0 Å². The number of methoxy groups -OCH3 is 2. The maximum Gasteiger partial charge on any atom is 0.338 e. The molecule has 0 bridgehead atoms. The van der Waals surface area contributed by atoms with E-state index in [1.165, 1.54) is 7.11 Å². The average Bonchev–Trinajstić information content (AvgIpc) is 1.13. The number of aliphatic hydroxyl groups is 1. The predicted octanol–water partition coefficient (Wildman–Crippen LogP) is 18.4. The number of aliphatic hydroxyl groups excluding tert-OH is 1. The van der Waals surface area contributed by atoms with Crippen LogP contribution in [0.1, 0.15) is 185 Å². The van der Waals surface area contributed by atoms with Crippen molar-refractivity contribution in [3.63, 3.8) is 0 Å². The summed E-state index contributed by atoms with van der Waals surface area (Å²) in [6.45, 7) is 72.0. The molecule has 97 heavy (non-hydrogen) atoms. The molecule has 556 valence electrons. The summed E-state index contributed by atoms with van der Waals surface area (Å²) >= 11 is 0. The Kier molecular flexibility index (Phi) is 29.7. The normalized spacial score (nSPS) is 28.8. The van der Waals surface area contributed by atoms with Crippen LogP contribution in [0.3, 0.4) is 0 Å². The first-order valence-electron chi connectivity index (χ1n) is 36.5. The van der Waals surface area contributed by atoms with Gasteiger partial charge in [-0.05, 0) is 165 Å². The Labute approximate surface area is 595 Å². The second kappa shape index (κ2) is 33.7. The van der Waals surface area contributed by atoms with Crippen molar-refractivity contribution >= 4 is 53.5 Å². The molecule has 4 aliphatic heterocycles. The summed E-state index contributed by atoms with van der Waals surface area (Å²) in [5.74, 6) is -0.855. The highest BCUT2D eigenvalue weighted by Gasteiger charge is 2.58. The van der Waals surface area contributed by atoms with E-state index in [4.69, 9.17) is 55.3 Å². The molecule has 15 nitrogen and oxygen atoms in total. The fourth-order valence-corrected chi connectivity index (χ4v) is 18.5. The van der Waals surface area contributed by atoms with Gasteiger partial charge in [-0.25, -0.2) is 4.79 Å². The fourth-order valence-electron chi connectivity index (χ4n) is 12.3. The summed E-state index contributed by atoms with van der Waals surface area (Å²) in [5, 5.41) is 11.5. The van der Waals surface area contributed by atoms with Crippen molar-refractivity contribution < 1.29 is 70.0 Å². The molecule has 0 spiro atoms. The molecule has 1 aromatic carbocycles. The van der Waals surface area contributed by atoms with Crippen LogP contribution in [-0.2, 0) is 60.1 Å². The number of carbonyl (C=O) groups is 2. The topological polar surface area (TPSA) is 165 Å². The first-order chi connectivity index (χ1) is 44.3. The minimum absolute atomic E-state index is 0.0189. The molecule has 4 saturated heterocycles. The van der Waals surface area contributed by atoms with Gasteiger partial charge in [0.1, 0.15) is 24.4 Å². The maximum atomic E-state index is 14.3. The number of rotatable bonds is 31. The lowest BCUT2D eigenvalue weighted by atomic mass is 9.82. The molecule has 17 atom stereocenters. The highest BCUT2D eigenvalue weighted by atomic mass is 28.4. The van der Waals surface area contributed by atoms with Crippen molar-refractivity contribution in [3.05, 3.63) is 85.0 Å². The van der Waals surface area contributed by atoms with E-state index >= 15 is 0 Å². The molecule has 0 aliphatic carbocycles. The van der Waals surface area contributed by atoms with Gasteiger partial charge < -0.3 is 60.4 Å². The standard InChI is InChI=1S/C77H138O15Si5/c1-32-36-61-68(88-72(80)54-37-34-33-35-38-54)70(91-96(28,29)76(14,15)16)71(92-97(30,31)77(17,18)19)69(87-61)62(90-95(26,27)75(11,12)13)43-40-55(78)39-41-56-46-52(3)60(84-56)44-42-57-45-51(2)53(4)63(85-57)49-64-59(48-66(79)81-20)67(82-21)65(86-64)47-58(89-94(24,25)74(8,9)10)50-83-93(22,23)73(5,6)7/h32-35,37-38,40,43,51,55-65,67-71,78H,1,3-4,36,39,41-42,44-50H2,2,5-31H3/b43-40+/t51?,55?,56-,57?,58?,59?,60-,61-,62-,63+,64-,65+,67+,68?,69-,70?,71?/m0/s1.